The zero-order valence-corrected chi connectivity index (χ0v) is 12.5. The first-order chi connectivity index (χ1) is 10.7. The topological polar surface area (TPSA) is 47.9 Å². The summed E-state index contributed by atoms with van der Waals surface area (Å²) in [5.41, 5.74) is 2.72. The molecule has 2 unspecified atom stereocenters. The molecule has 0 N–H and O–H groups in total. The Labute approximate surface area is 129 Å². The minimum atomic E-state index is -0.570. The molecule has 0 radical (unpaired) electrons. The van der Waals surface area contributed by atoms with Crippen molar-refractivity contribution in [2.24, 2.45) is 5.16 Å². The fourth-order valence-electron chi connectivity index (χ4n) is 2.67. The van der Waals surface area contributed by atoms with Crippen LogP contribution in [0.15, 0.2) is 59.8 Å². The molecule has 0 saturated heterocycles. The van der Waals surface area contributed by atoms with Crippen LogP contribution >= 0.6 is 0 Å². The highest BCUT2D eigenvalue weighted by molar-refractivity contribution is 6.09. The highest BCUT2D eigenvalue weighted by Crippen LogP contribution is 2.33. The molecule has 0 amide bonds. The van der Waals surface area contributed by atoms with Crippen LogP contribution in [-0.2, 0) is 9.63 Å². The molecular weight excluding hydrogens is 278 g/mol. The second-order valence-electron chi connectivity index (χ2n) is 5.23. The van der Waals surface area contributed by atoms with Gasteiger partial charge in [-0.25, -0.2) is 0 Å². The average Bonchev–Trinajstić information content (AvgIpc) is 3.01. The molecule has 4 heteroatoms. The van der Waals surface area contributed by atoms with Crippen molar-refractivity contribution in [3.63, 3.8) is 0 Å². The smallest absolute Gasteiger partial charge is 0.197 e. The summed E-state index contributed by atoms with van der Waals surface area (Å²) in [6.45, 7) is 1.53. The Morgan fingerprint density at radius 2 is 1.77 bits per heavy atom. The SMILES string of the molecule is COc1ccc(C2=NOC(C(C)=O)C2c2ccccc2)cc1. The standard InChI is InChI=1S/C18H17NO3/c1-12(20)18-16(13-6-4-3-5-7-13)17(19-22-18)14-8-10-15(21-2)11-9-14/h3-11,16,18H,1-2H3. The predicted molar refractivity (Wildman–Crippen MR) is 84.3 cm³/mol. The third-order valence-corrected chi connectivity index (χ3v) is 3.81. The van der Waals surface area contributed by atoms with E-state index in [1.165, 1.54) is 6.92 Å². The van der Waals surface area contributed by atoms with Gasteiger partial charge >= 0.3 is 0 Å². The second-order valence-corrected chi connectivity index (χ2v) is 5.23. The molecule has 0 aliphatic carbocycles. The lowest BCUT2D eigenvalue weighted by Crippen LogP contribution is -2.28. The quantitative estimate of drug-likeness (QED) is 0.870. The van der Waals surface area contributed by atoms with E-state index in [9.17, 15) is 4.79 Å². The molecule has 0 spiro atoms. The van der Waals surface area contributed by atoms with Crippen LogP contribution in [-0.4, -0.2) is 24.7 Å². The molecule has 0 bridgehead atoms. The Morgan fingerprint density at radius 1 is 1.09 bits per heavy atom. The Kier molecular flexibility index (Phi) is 3.92. The number of hydrogen-bond acceptors (Lipinski definition) is 4. The van der Waals surface area contributed by atoms with Gasteiger partial charge in [-0.1, -0.05) is 35.5 Å². The summed E-state index contributed by atoms with van der Waals surface area (Å²) in [6, 6.07) is 17.5. The van der Waals surface area contributed by atoms with Crippen molar-refractivity contribution >= 4 is 11.5 Å². The molecule has 1 heterocycles. The van der Waals surface area contributed by atoms with E-state index in [1.54, 1.807) is 7.11 Å². The number of ketones is 1. The van der Waals surface area contributed by atoms with Crippen molar-refractivity contribution < 1.29 is 14.4 Å². The van der Waals surface area contributed by atoms with Crippen LogP contribution in [0.25, 0.3) is 0 Å². The molecule has 0 aromatic heterocycles. The first-order valence-corrected chi connectivity index (χ1v) is 7.14. The van der Waals surface area contributed by atoms with E-state index in [-0.39, 0.29) is 11.7 Å². The normalized spacial score (nSPS) is 20.2. The minimum absolute atomic E-state index is 0.0267. The van der Waals surface area contributed by atoms with Crippen molar-refractivity contribution in [2.45, 2.75) is 18.9 Å². The number of nitrogens with zero attached hydrogens (tertiary/aromatic N) is 1. The molecule has 1 aliphatic heterocycles. The third-order valence-electron chi connectivity index (χ3n) is 3.81. The van der Waals surface area contributed by atoms with Gasteiger partial charge in [-0.2, -0.15) is 0 Å². The van der Waals surface area contributed by atoms with E-state index >= 15 is 0 Å². The van der Waals surface area contributed by atoms with Gasteiger partial charge < -0.3 is 9.57 Å². The van der Waals surface area contributed by atoms with E-state index in [0.717, 1.165) is 22.6 Å². The van der Waals surface area contributed by atoms with Gasteiger partial charge in [0.1, 0.15) is 5.75 Å². The number of carbonyl (C=O) groups excluding carboxylic acids is 1. The van der Waals surface area contributed by atoms with Gasteiger partial charge in [0, 0.05) is 5.56 Å². The number of hydrogen-bond donors (Lipinski definition) is 0. The summed E-state index contributed by atoms with van der Waals surface area (Å²) in [6.07, 6.45) is -0.570. The average molecular weight is 295 g/mol. The highest BCUT2D eigenvalue weighted by Gasteiger charge is 2.39. The van der Waals surface area contributed by atoms with Gasteiger partial charge in [0.15, 0.2) is 11.9 Å². The molecule has 1 aliphatic rings. The fraction of sp³-hybridized carbons (Fsp3) is 0.222. The first-order valence-electron chi connectivity index (χ1n) is 7.14. The van der Waals surface area contributed by atoms with E-state index < -0.39 is 6.10 Å². The maximum atomic E-state index is 11.9. The van der Waals surface area contributed by atoms with E-state index in [4.69, 9.17) is 9.57 Å². The van der Waals surface area contributed by atoms with Crippen LogP contribution in [0.2, 0.25) is 0 Å². The lowest BCUT2D eigenvalue weighted by molar-refractivity contribution is -0.127. The van der Waals surface area contributed by atoms with Crippen LogP contribution in [0.3, 0.4) is 0 Å². The van der Waals surface area contributed by atoms with Crippen LogP contribution in [0.5, 0.6) is 5.75 Å². The van der Waals surface area contributed by atoms with Gasteiger partial charge in [0.2, 0.25) is 0 Å². The minimum Gasteiger partial charge on any atom is -0.497 e. The number of Topliss-reactive ketones (excluding diaryl/α,β-unsaturated/α-hetero) is 1. The number of benzene rings is 2. The van der Waals surface area contributed by atoms with Crippen LogP contribution in [0.1, 0.15) is 24.0 Å². The summed E-state index contributed by atoms with van der Waals surface area (Å²) in [5, 5.41) is 4.18. The number of methoxy groups -OCH3 is 1. The van der Waals surface area contributed by atoms with Crippen molar-refractivity contribution in [1.29, 1.82) is 0 Å². The van der Waals surface area contributed by atoms with Crippen LogP contribution in [0, 0.1) is 0 Å². The fourth-order valence-corrected chi connectivity index (χ4v) is 2.67. The monoisotopic (exact) mass is 295 g/mol. The third kappa shape index (κ3) is 2.60. The summed E-state index contributed by atoms with van der Waals surface area (Å²) in [5.74, 6) is 0.566. The number of oxime groups is 1. The zero-order chi connectivity index (χ0) is 15.5. The predicted octanol–water partition coefficient (Wildman–Crippen LogP) is 3.17. The molecular formula is C18H17NO3. The molecule has 0 saturated carbocycles. The number of rotatable bonds is 4. The van der Waals surface area contributed by atoms with Crippen molar-refractivity contribution in [3.05, 3.63) is 65.7 Å². The number of ether oxygens (including phenoxy) is 1. The molecule has 3 rings (SSSR count). The van der Waals surface area contributed by atoms with Gasteiger partial charge in [0.05, 0.1) is 18.7 Å². The Hall–Kier alpha value is -2.62. The molecule has 0 fully saturated rings. The first kappa shape index (κ1) is 14.3. The van der Waals surface area contributed by atoms with Crippen LogP contribution < -0.4 is 4.74 Å². The maximum absolute atomic E-state index is 11.9. The molecule has 2 aromatic carbocycles. The lowest BCUT2D eigenvalue weighted by atomic mass is 9.85. The highest BCUT2D eigenvalue weighted by atomic mass is 16.6. The summed E-state index contributed by atoms with van der Waals surface area (Å²) >= 11 is 0. The van der Waals surface area contributed by atoms with Gasteiger partial charge in [-0.3, -0.25) is 4.79 Å². The zero-order valence-electron chi connectivity index (χ0n) is 12.5. The number of carbonyl (C=O) groups is 1. The lowest BCUT2D eigenvalue weighted by Gasteiger charge is -2.17. The Bertz CT molecular complexity index is 692. The second kappa shape index (κ2) is 6.02. The Balaban J connectivity index is 2.00. The van der Waals surface area contributed by atoms with E-state index in [0.29, 0.717) is 0 Å². The van der Waals surface area contributed by atoms with Crippen molar-refractivity contribution in [1.82, 2.24) is 0 Å². The van der Waals surface area contributed by atoms with Crippen molar-refractivity contribution in [3.8, 4) is 5.75 Å². The maximum Gasteiger partial charge on any atom is 0.197 e. The van der Waals surface area contributed by atoms with Crippen molar-refractivity contribution in [2.75, 3.05) is 7.11 Å². The van der Waals surface area contributed by atoms with E-state index in [1.807, 2.05) is 54.6 Å². The Morgan fingerprint density at radius 3 is 2.36 bits per heavy atom. The van der Waals surface area contributed by atoms with Gasteiger partial charge in [-0.15, -0.1) is 0 Å². The van der Waals surface area contributed by atoms with E-state index in [2.05, 4.69) is 5.16 Å². The summed E-state index contributed by atoms with van der Waals surface area (Å²) < 4.78 is 5.18. The molecule has 2 aromatic rings. The summed E-state index contributed by atoms with van der Waals surface area (Å²) in [7, 11) is 1.63. The van der Waals surface area contributed by atoms with Gasteiger partial charge in [-0.05, 0) is 36.8 Å². The van der Waals surface area contributed by atoms with Crippen LogP contribution in [0.4, 0.5) is 0 Å². The molecule has 22 heavy (non-hydrogen) atoms. The summed E-state index contributed by atoms with van der Waals surface area (Å²) in [4.78, 5) is 17.3. The molecule has 4 nitrogen and oxygen atoms in total. The largest absolute Gasteiger partial charge is 0.497 e. The molecule has 2 atom stereocenters. The molecule has 112 valence electrons. The van der Waals surface area contributed by atoms with Gasteiger partial charge in [0.25, 0.3) is 0 Å².